The van der Waals surface area contributed by atoms with Gasteiger partial charge in [0.1, 0.15) is 0 Å². The molecule has 1 saturated heterocycles. The van der Waals surface area contributed by atoms with E-state index in [-0.39, 0.29) is 11.3 Å². The molecule has 0 spiro atoms. The Kier molecular flexibility index (Phi) is 4.29. The zero-order chi connectivity index (χ0) is 19.0. The Labute approximate surface area is 149 Å². The van der Waals surface area contributed by atoms with Crippen LogP contribution in [0.3, 0.4) is 0 Å². The number of esters is 1. The Hall–Kier alpha value is -3.48. The van der Waals surface area contributed by atoms with Gasteiger partial charge in [0.2, 0.25) is 0 Å². The summed E-state index contributed by atoms with van der Waals surface area (Å²) < 4.78 is 4.70. The number of hydrogen-bond acceptors (Lipinski definition) is 5. The molecule has 0 radical (unpaired) electrons. The van der Waals surface area contributed by atoms with Gasteiger partial charge in [-0.3, -0.25) is 9.59 Å². The molecule has 1 aliphatic rings. The van der Waals surface area contributed by atoms with Crippen molar-refractivity contribution in [3.05, 3.63) is 59.2 Å². The minimum Gasteiger partial charge on any atom is -0.465 e. The number of urea groups is 1. The van der Waals surface area contributed by atoms with E-state index in [1.165, 1.54) is 19.2 Å². The number of anilines is 2. The Balaban J connectivity index is 2.14. The largest absolute Gasteiger partial charge is 0.465 e. The molecule has 0 aromatic heterocycles. The van der Waals surface area contributed by atoms with Gasteiger partial charge in [-0.25, -0.2) is 19.4 Å². The smallest absolute Gasteiger partial charge is 0.343 e. The van der Waals surface area contributed by atoms with Gasteiger partial charge in [-0.2, -0.15) is 0 Å². The Morgan fingerprint density at radius 1 is 0.846 bits per heavy atom. The van der Waals surface area contributed by atoms with Gasteiger partial charge in [-0.05, 0) is 37.1 Å². The predicted molar refractivity (Wildman–Crippen MR) is 94.1 cm³/mol. The molecule has 1 heterocycles. The van der Waals surface area contributed by atoms with E-state index in [0.717, 1.165) is 4.90 Å². The molecule has 0 unspecified atom stereocenters. The van der Waals surface area contributed by atoms with Crippen LogP contribution in [-0.4, -0.2) is 30.9 Å². The van der Waals surface area contributed by atoms with Crippen molar-refractivity contribution in [2.75, 3.05) is 16.9 Å². The molecule has 2 aromatic carbocycles. The van der Waals surface area contributed by atoms with Crippen molar-refractivity contribution in [1.82, 2.24) is 0 Å². The number of amides is 4. The first kappa shape index (κ1) is 17.3. The fraction of sp³-hybridized carbons (Fsp3) is 0.158. The van der Waals surface area contributed by atoms with Crippen LogP contribution in [0.4, 0.5) is 16.2 Å². The van der Waals surface area contributed by atoms with Crippen molar-refractivity contribution < 1.29 is 23.9 Å². The number of carbonyl (C=O) groups excluding carboxylic acids is 4. The number of hydrogen-bond donors (Lipinski definition) is 0. The van der Waals surface area contributed by atoms with E-state index in [1.54, 1.807) is 44.2 Å². The van der Waals surface area contributed by atoms with E-state index in [4.69, 9.17) is 4.74 Å². The van der Waals surface area contributed by atoms with Crippen LogP contribution >= 0.6 is 0 Å². The molecule has 0 aliphatic carbocycles. The van der Waals surface area contributed by atoms with Crippen molar-refractivity contribution in [3.63, 3.8) is 0 Å². The van der Waals surface area contributed by atoms with Gasteiger partial charge in [0.15, 0.2) is 0 Å². The zero-order valence-electron chi connectivity index (χ0n) is 14.5. The van der Waals surface area contributed by atoms with Gasteiger partial charge in [-0.1, -0.05) is 30.3 Å². The third-order valence-electron chi connectivity index (χ3n) is 4.19. The Morgan fingerprint density at radius 3 is 2.04 bits per heavy atom. The van der Waals surface area contributed by atoms with E-state index in [1.807, 2.05) is 0 Å². The third-order valence-corrected chi connectivity index (χ3v) is 4.19. The number of aryl methyl sites for hydroxylation is 2. The van der Waals surface area contributed by atoms with Crippen LogP contribution in [0.1, 0.15) is 21.5 Å². The first-order chi connectivity index (χ1) is 12.4. The molecule has 0 saturated carbocycles. The molecule has 7 nitrogen and oxygen atoms in total. The van der Waals surface area contributed by atoms with E-state index >= 15 is 0 Å². The van der Waals surface area contributed by atoms with Crippen LogP contribution in [0.15, 0.2) is 42.5 Å². The second kappa shape index (κ2) is 6.44. The SMILES string of the molecule is COC(=O)c1ccccc1N1C(=O)C(=O)N(c2c(C)cccc2C)C1=O. The van der Waals surface area contributed by atoms with E-state index < -0.39 is 23.8 Å². The van der Waals surface area contributed by atoms with Crippen LogP contribution in [-0.2, 0) is 14.3 Å². The topological polar surface area (TPSA) is 84.0 Å². The second-order valence-electron chi connectivity index (χ2n) is 5.81. The molecular formula is C19H16N2O5. The molecule has 2 aromatic rings. The van der Waals surface area contributed by atoms with Crippen LogP contribution < -0.4 is 9.80 Å². The maximum Gasteiger partial charge on any atom is 0.343 e. The normalized spacial score (nSPS) is 14.2. The molecule has 3 rings (SSSR count). The van der Waals surface area contributed by atoms with Gasteiger partial charge in [0.25, 0.3) is 0 Å². The Morgan fingerprint density at radius 2 is 1.42 bits per heavy atom. The molecule has 0 N–H and O–H groups in total. The zero-order valence-corrected chi connectivity index (χ0v) is 14.5. The minimum atomic E-state index is -1.02. The molecule has 7 heteroatoms. The van der Waals surface area contributed by atoms with Crippen LogP contribution in [0.5, 0.6) is 0 Å². The number of benzene rings is 2. The molecule has 26 heavy (non-hydrogen) atoms. The fourth-order valence-electron chi connectivity index (χ4n) is 2.98. The summed E-state index contributed by atoms with van der Waals surface area (Å²) in [7, 11) is 1.20. The van der Waals surface area contributed by atoms with Gasteiger partial charge in [0.05, 0.1) is 24.0 Å². The number of ether oxygens (including phenoxy) is 1. The standard InChI is InChI=1S/C19H16N2O5/c1-11-7-6-8-12(2)15(11)21-17(23)16(22)20(19(21)25)14-10-5-4-9-13(14)18(24)26-3/h4-10H,1-3H3. The lowest BCUT2D eigenvalue weighted by Gasteiger charge is -2.20. The average molecular weight is 352 g/mol. The highest BCUT2D eigenvalue weighted by molar-refractivity contribution is 6.60. The molecule has 4 amide bonds. The van der Waals surface area contributed by atoms with Crippen LogP contribution in [0.25, 0.3) is 0 Å². The first-order valence-corrected chi connectivity index (χ1v) is 7.84. The highest BCUT2D eigenvalue weighted by Crippen LogP contribution is 2.33. The molecule has 1 fully saturated rings. The molecule has 132 valence electrons. The number of para-hydroxylation sites is 2. The minimum absolute atomic E-state index is 0.0106. The fourth-order valence-corrected chi connectivity index (χ4v) is 2.98. The quantitative estimate of drug-likeness (QED) is 0.482. The number of rotatable bonds is 3. The summed E-state index contributed by atoms with van der Waals surface area (Å²) in [5.41, 5.74) is 1.77. The number of methoxy groups -OCH3 is 1. The molecule has 1 aliphatic heterocycles. The summed E-state index contributed by atoms with van der Waals surface area (Å²) in [4.78, 5) is 51.6. The molecule has 0 bridgehead atoms. The van der Waals surface area contributed by atoms with Gasteiger partial charge < -0.3 is 4.74 Å². The maximum atomic E-state index is 13.0. The van der Waals surface area contributed by atoms with E-state index in [0.29, 0.717) is 21.7 Å². The number of nitrogens with zero attached hydrogens (tertiary/aromatic N) is 2. The lowest BCUT2D eigenvalue weighted by atomic mass is 10.1. The van der Waals surface area contributed by atoms with Gasteiger partial charge >= 0.3 is 23.8 Å². The van der Waals surface area contributed by atoms with E-state index in [2.05, 4.69) is 0 Å². The molecular weight excluding hydrogens is 336 g/mol. The summed E-state index contributed by atoms with van der Waals surface area (Å²) in [6.45, 7) is 3.50. The monoisotopic (exact) mass is 352 g/mol. The lowest BCUT2D eigenvalue weighted by molar-refractivity contribution is -0.133. The highest BCUT2D eigenvalue weighted by Gasteiger charge is 2.48. The average Bonchev–Trinajstić information content (AvgIpc) is 2.84. The maximum absolute atomic E-state index is 13.0. The van der Waals surface area contributed by atoms with Crippen LogP contribution in [0.2, 0.25) is 0 Å². The van der Waals surface area contributed by atoms with Crippen molar-refractivity contribution >= 4 is 35.2 Å². The summed E-state index contributed by atoms with van der Waals surface area (Å²) >= 11 is 0. The van der Waals surface area contributed by atoms with Gasteiger partial charge in [-0.15, -0.1) is 0 Å². The van der Waals surface area contributed by atoms with Crippen molar-refractivity contribution in [3.8, 4) is 0 Å². The van der Waals surface area contributed by atoms with E-state index in [9.17, 15) is 19.2 Å². The summed E-state index contributed by atoms with van der Waals surface area (Å²) in [5, 5.41) is 0. The second-order valence-corrected chi connectivity index (χ2v) is 5.81. The van der Waals surface area contributed by atoms with Crippen LogP contribution in [0, 0.1) is 13.8 Å². The summed E-state index contributed by atoms with van der Waals surface area (Å²) in [6.07, 6.45) is 0. The van der Waals surface area contributed by atoms with Gasteiger partial charge in [0, 0.05) is 0 Å². The molecule has 0 atom stereocenters. The van der Waals surface area contributed by atoms with Crippen molar-refractivity contribution in [2.24, 2.45) is 0 Å². The lowest BCUT2D eigenvalue weighted by Crippen LogP contribution is -2.35. The third kappa shape index (κ3) is 2.54. The summed E-state index contributed by atoms with van der Waals surface area (Å²) in [5.74, 6) is -2.69. The summed E-state index contributed by atoms with van der Waals surface area (Å²) in [6, 6.07) is 10.5. The van der Waals surface area contributed by atoms with Crippen molar-refractivity contribution in [2.45, 2.75) is 13.8 Å². The highest BCUT2D eigenvalue weighted by atomic mass is 16.5. The Bertz CT molecular complexity index is 930. The first-order valence-electron chi connectivity index (χ1n) is 7.84. The number of carbonyl (C=O) groups is 4. The predicted octanol–water partition coefficient (Wildman–Crippen LogP) is 2.59. The van der Waals surface area contributed by atoms with Crippen molar-refractivity contribution in [1.29, 1.82) is 0 Å². The number of imide groups is 2.